The molecule has 0 N–H and O–H groups in total. The molecule has 1 fully saturated rings. The molecule has 1 saturated carbocycles. The highest BCUT2D eigenvalue weighted by molar-refractivity contribution is 5.93. The minimum absolute atomic E-state index is 0.256. The van der Waals surface area contributed by atoms with Gasteiger partial charge in [0.25, 0.3) is 0 Å². The summed E-state index contributed by atoms with van der Waals surface area (Å²) >= 11 is 0. The number of ether oxygens (including phenoxy) is 8. The highest BCUT2D eigenvalue weighted by Crippen LogP contribution is 2.27. The molecule has 14 nitrogen and oxygen atoms in total. The van der Waals surface area contributed by atoms with Crippen LogP contribution in [0.5, 0.6) is 23.0 Å². The fraction of sp³-hybridized carbons (Fsp3) is 0.469. The zero-order valence-corrected chi connectivity index (χ0v) is 45.5. The van der Waals surface area contributed by atoms with Crippen LogP contribution in [-0.2, 0) is 28.5 Å². The van der Waals surface area contributed by atoms with Gasteiger partial charge in [0.05, 0.1) is 48.7 Å². The molecule has 1 aliphatic rings. The summed E-state index contributed by atoms with van der Waals surface area (Å²) in [6, 6.07) is 25.8. The Bertz CT molecular complexity index is 2260. The molecule has 0 heterocycles. The summed E-state index contributed by atoms with van der Waals surface area (Å²) in [5.41, 5.74) is 1.23. The van der Waals surface area contributed by atoms with E-state index in [0.29, 0.717) is 61.9 Å². The van der Waals surface area contributed by atoms with E-state index in [4.69, 9.17) is 37.9 Å². The standard InChI is InChI=1S/C64H80O14/c1-3-59(65)73-47-25-19-15-11-7-5-9-13-17-23-45-71-53-37-29-49(30-38-53)61(67)75-55-41-33-51(34-42-55)63(69)77-57-27-21-22-28-58(57)78-64(70)52-35-43-56(44-36-52)76-62(68)50-31-39-54(40-32-50)72-46-24-18-14-10-6-8-12-16-20-26-48-74-60(66)4-2/h3-4,29-44,57-58H,1-2,5-28,45-48H2/t57-,58-/m1/s1. The Hall–Kier alpha value is -7.22. The lowest BCUT2D eigenvalue weighted by Crippen LogP contribution is -2.37. The molecule has 420 valence electrons. The number of hydrogen-bond acceptors (Lipinski definition) is 14. The van der Waals surface area contributed by atoms with Crippen LogP contribution in [0.4, 0.5) is 0 Å². The summed E-state index contributed by atoms with van der Waals surface area (Å²) in [6.45, 7) is 8.91. The summed E-state index contributed by atoms with van der Waals surface area (Å²) in [5.74, 6) is -1.11. The average molecular weight is 1070 g/mol. The van der Waals surface area contributed by atoms with E-state index in [1.165, 1.54) is 112 Å². The number of carbonyl (C=O) groups is 6. The van der Waals surface area contributed by atoms with E-state index < -0.39 is 36.1 Å². The number of carbonyl (C=O) groups excluding carboxylic acids is 6. The molecule has 4 aromatic carbocycles. The molecule has 2 atom stereocenters. The molecule has 14 heteroatoms. The maximum Gasteiger partial charge on any atom is 0.343 e. The Labute approximate surface area is 461 Å². The van der Waals surface area contributed by atoms with Crippen LogP contribution in [-0.4, -0.2) is 74.5 Å². The van der Waals surface area contributed by atoms with Gasteiger partial charge >= 0.3 is 35.8 Å². The Morgan fingerprint density at radius 3 is 0.897 bits per heavy atom. The average Bonchev–Trinajstić information content (AvgIpc) is 3.46. The predicted octanol–water partition coefficient (Wildman–Crippen LogP) is 14.5. The van der Waals surface area contributed by atoms with Crippen LogP contribution < -0.4 is 18.9 Å². The van der Waals surface area contributed by atoms with Gasteiger partial charge in [0.2, 0.25) is 0 Å². The van der Waals surface area contributed by atoms with Crippen molar-refractivity contribution in [1.29, 1.82) is 0 Å². The van der Waals surface area contributed by atoms with Crippen LogP contribution >= 0.6 is 0 Å². The summed E-state index contributed by atoms with van der Waals surface area (Å²) in [5, 5.41) is 0. The van der Waals surface area contributed by atoms with E-state index in [0.717, 1.165) is 89.9 Å². The lowest BCUT2D eigenvalue weighted by molar-refractivity contribution is -0.138. The molecule has 0 aromatic heterocycles. The summed E-state index contributed by atoms with van der Waals surface area (Å²) in [6.07, 6.45) is 26.0. The Morgan fingerprint density at radius 2 is 0.603 bits per heavy atom. The first-order valence-electron chi connectivity index (χ1n) is 28.2. The van der Waals surface area contributed by atoms with Crippen LogP contribution in [0.3, 0.4) is 0 Å². The molecule has 5 rings (SSSR count). The van der Waals surface area contributed by atoms with Crippen LogP contribution in [0.1, 0.15) is 196 Å². The molecule has 0 spiro atoms. The quantitative estimate of drug-likeness (QED) is 0.0136. The third-order valence-electron chi connectivity index (χ3n) is 13.4. The van der Waals surface area contributed by atoms with Crippen molar-refractivity contribution >= 4 is 35.8 Å². The molecular weight excluding hydrogens is 993 g/mol. The Kier molecular flexibility index (Phi) is 29.0. The van der Waals surface area contributed by atoms with Crippen LogP contribution in [0.2, 0.25) is 0 Å². The Morgan fingerprint density at radius 1 is 0.346 bits per heavy atom. The third kappa shape index (κ3) is 24.4. The van der Waals surface area contributed by atoms with Crippen molar-refractivity contribution in [3.05, 3.63) is 145 Å². The second kappa shape index (κ2) is 36.7. The number of unbranched alkanes of at least 4 members (excludes halogenated alkanes) is 18. The summed E-state index contributed by atoms with van der Waals surface area (Å²) < 4.78 is 44.6. The van der Waals surface area contributed by atoms with E-state index in [1.807, 2.05) is 0 Å². The molecule has 0 aliphatic heterocycles. The summed E-state index contributed by atoms with van der Waals surface area (Å²) in [4.78, 5) is 74.5. The topological polar surface area (TPSA) is 176 Å². The van der Waals surface area contributed by atoms with Gasteiger partial charge in [0, 0.05) is 12.2 Å². The molecule has 0 unspecified atom stereocenters. The molecule has 0 radical (unpaired) electrons. The van der Waals surface area contributed by atoms with E-state index in [2.05, 4.69) is 13.2 Å². The van der Waals surface area contributed by atoms with Gasteiger partial charge < -0.3 is 37.9 Å². The lowest BCUT2D eigenvalue weighted by Gasteiger charge is -2.30. The van der Waals surface area contributed by atoms with Gasteiger partial charge in [0.15, 0.2) is 0 Å². The predicted molar refractivity (Wildman–Crippen MR) is 298 cm³/mol. The normalized spacial score (nSPS) is 13.8. The van der Waals surface area contributed by atoms with Crippen molar-refractivity contribution in [2.75, 3.05) is 26.4 Å². The zero-order valence-electron chi connectivity index (χ0n) is 45.5. The number of benzene rings is 4. The van der Waals surface area contributed by atoms with Crippen LogP contribution in [0.15, 0.2) is 122 Å². The highest BCUT2D eigenvalue weighted by Gasteiger charge is 2.32. The van der Waals surface area contributed by atoms with Gasteiger partial charge in [-0.15, -0.1) is 0 Å². The zero-order chi connectivity index (χ0) is 55.4. The second-order valence-electron chi connectivity index (χ2n) is 19.6. The van der Waals surface area contributed by atoms with Crippen molar-refractivity contribution in [2.24, 2.45) is 0 Å². The molecule has 78 heavy (non-hydrogen) atoms. The van der Waals surface area contributed by atoms with E-state index in [1.54, 1.807) is 48.5 Å². The first-order valence-corrected chi connectivity index (χ1v) is 28.2. The van der Waals surface area contributed by atoms with Crippen molar-refractivity contribution in [1.82, 2.24) is 0 Å². The van der Waals surface area contributed by atoms with Crippen molar-refractivity contribution in [3.8, 4) is 23.0 Å². The first kappa shape index (κ1) is 61.6. The van der Waals surface area contributed by atoms with Gasteiger partial charge in [-0.1, -0.05) is 116 Å². The molecule has 0 amide bonds. The largest absolute Gasteiger partial charge is 0.494 e. The molecule has 4 aromatic rings. The Balaban J connectivity index is 0.920. The smallest absolute Gasteiger partial charge is 0.343 e. The maximum absolute atomic E-state index is 13.3. The van der Waals surface area contributed by atoms with E-state index in [9.17, 15) is 28.8 Å². The third-order valence-corrected chi connectivity index (χ3v) is 13.4. The van der Waals surface area contributed by atoms with E-state index in [-0.39, 0.29) is 34.6 Å². The second-order valence-corrected chi connectivity index (χ2v) is 19.6. The number of rotatable bonds is 38. The molecule has 0 bridgehead atoms. The number of hydrogen-bond donors (Lipinski definition) is 0. The molecular formula is C64H80O14. The van der Waals surface area contributed by atoms with Gasteiger partial charge in [0.1, 0.15) is 35.2 Å². The summed E-state index contributed by atoms with van der Waals surface area (Å²) in [7, 11) is 0. The monoisotopic (exact) mass is 1070 g/mol. The van der Waals surface area contributed by atoms with Crippen molar-refractivity contribution < 1.29 is 66.7 Å². The SMILES string of the molecule is C=CC(=O)OCCCCCCCCCCCCOc1ccc(C(=O)Oc2ccc(C(=O)O[C@@H]3CCCC[C@H]3OC(=O)c3ccc(OC(=O)c4ccc(OCCCCCCCCCCCCOC(=O)C=C)cc4)cc3)cc2)cc1. The number of esters is 6. The van der Waals surface area contributed by atoms with Gasteiger partial charge in [-0.25, -0.2) is 28.8 Å². The van der Waals surface area contributed by atoms with E-state index >= 15 is 0 Å². The lowest BCUT2D eigenvalue weighted by atomic mass is 9.94. The minimum atomic E-state index is -0.652. The maximum atomic E-state index is 13.3. The van der Waals surface area contributed by atoms with Gasteiger partial charge in [-0.2, -0.15) is 0 Å². The fourth-order valence-corrected chi connectivity index (χ4v) is 8.85. The van der Waals surface area contributed by atoms with Crippen LogP contribution in [0.25, 0.3) is 0 Å². The molecule has 1 aliphatic carbocycles. The first-order chi connectivity index (χ1) is 38.1. The fourth-order valence-electron chi connectivity index (χ4n) is 8.85. The van der Waals surface area contributed by atoms with Crippen molar-refractivity contribution in [2.45, 2.75) is 166 Å². The van der Waals surface area contributed by atoms with Crippen molar-refractivity contribution in [3.63, 3.8) is 0 Å². The molecule has 0 saturated heterocycles. The minimum Gasteiger partial charge on any atom is -0.494 e. The van der Waals surface area contributed by atoms with Gasteiger partial charge in [-0.05, 0) is 148 Å². The highest BCUT2D eigenvalue weighted by atomic mass is 16.6. The van der Waals surface area contributed by atoms with Crippen LogP contribution in [0, 0.1) is 0 Å². The van der Waals surface area contributed by atoms with Gasteiger partial charge in [-0.3, -0.25) is 0 Å².